The van der Waals surface area contributed by atoms with E-state index in [1.54, 1.807) is 0 Å². The minimum Gasteiger partial charge on any atom is -0.310 e. The number of hydrogen-bond acceptors (Lipinski definition) is 2. The lowest BCUT2D eigenvalue weighted by Crippen LogP contribution is -2.20. The molecular formula is C12H18N2. The first-order valence-corrected chi connectivity index (χ1v) is 5.04. The van der Waals surface area contributed by atoms with Crippen LogP contribution >= 0.6 is 0 Å². The molecule has 1 rings (SSSR count). The standard InChI is InChI=1S/C12H18N2/c1-4-6-12(13-5-2)11-7-8-14-10(3)9-11/h4,7-9,12-13H,1,5-6H2,2-3H3. The molecule has 0 aliphatic heterocycles. The minimum absolute atomic E-state index is 0.374. The second-order valence-electron chi connectivity index (χ2n) is 3.37. The fraction of sp³-hybridized carbons (Fsp3) is 0.417. The van der Waals surface area contributed by atoms with Crippen molar-refractivity contribution in [3.63, 3.8) is 0 Å². The van der Waals surface area contributed by atoms with Crippen LogP contribution in [0.25, 0.3) is 0 Å². The van der Waals surface area contributed by atoms with Gasteiger partial charge in [0.25, 0.3) is 0 Å². The van der Waals surface area contributed by atoms with Gasteiger partial charge in [0.1, 0.15) is 0 Å². The van der Waals surface area contributed by atoms with Crippen LogP contribution in [0.2, 0.25) is 0 Å². The Morgan fingerprint density at radius 3 is 3.00 bits per heavy atom. The van der Waals surface area contributed by atoms with Gasteiger partial charge in [-0.3, -0.25) is 4.98 Å². The number of aryl methyl sites for hydroxylation is 1. The van der Waals surface area contributed by atoms with Crippen LogP contribution in [0.5, 0.6) is 0 Å². The highest BCUT2D eigenvalue weighted by Crippen LogP contribution is 2.16. The number of nitrogens with one attached hydrogen (secondary N) is 1. The summed E-state index contributed by atoms with van der Waals surface area (Å²) in [4.78, 5) is 4.19. The van der Waals surface area contributed by atoms with E-state index in [2.05, 4.69) is 35.9 Å². The highest BCUT2D eigenvalue weighted by Gasteiger charge is 2.07. The molecule has 76 valence electrons. The maximum atomic E-state index is 4.19. The fourth-order valence-corrected chi connectivity index (χ4v) is 1.53. The van der Waals surface area contributed by atoms with Crippen molar-refractivity contribution in [3.8, 4) is 0 Å². The van der Waals surface area contributed by atoms with Crippen LogP contribution < -0.4 is 5.32 Å². The van der Waals surface area contributed by atoms with Gasteiger partial charge in [-0.05, 0) is 37.6 Å². The second-order valence-corrected chi connectivity index (χ2v) is 3.37. The first kappa shape index (κ1) is 10.9. The molecule has 14 heavy (non-hydrogen) atoms. The molecule has 0 aliphatic rings. The molecule has 0 amide bonds. The molecule has 0 aromatic carbocycles. The van der Waals surface area contributed by atoms with E-state index in [1.807, 2.05) is 19.2 Å². The van der Waals surface area contributed by atoms with E-state index in [9.17, 15) is 0 Å². The first-order chi connectivity index (χ1) is 6.77. The SMILES string of the molecule is C=CCC(NCC)c1ccnc(C)c1. The number of hydrogen-bond donors (Lipinski definition) is 1. The predicted molar refractivity (Wildman–Crippen MR) is 60.2 cm³/mol. The maximum absolute atomic E-state index is 4.19. The highest BCUT2D eigenvalue weighted by molar-refractivity contribution is 5.20. The number of nitrogens with zero attached hydrogens (tertiary/aromatic N) is 1. The van der Waals surface area contributed by atoms with Crippen molar-refractivity contribution in [2.24, 2.45) is 0 Å². The Morgan fingerprint density at radius 2 is 2.43 bits per heavy atom. The molecule has 1 aromatic heterocycles. The maximum Gasteiger partial charge on any atom is 0.0375 e. The summed E-state index contributed by atoms with van der Waals surface area (Å²) < 4.78 is 0. The van der Waals surface area contributed by atoms with Crippen LogP contribution in [0.3, 0.4) is 0 Å². The Kier molecular flexibility index (Phi) is 4.33. The molecule has 1 aromatic rings. The molecule has 1 N–H and O–H groups in total. The third-order valence-corrected chi connectivity index (χ3v) is 2.18. The van der Waals surface area contributed by atoms with Crippen molar-refractivity contribution in [1.29, 1.82) is 0 Å². The van der Waals surface area contributed by atoms with Crippen molar-refractivity contribution in [1.82, 2.24) is 10.3 Å². The van der Waals surface area contributed by atoms with Gasteiger partial charge in [0.2, 0.25) is 0 Å². The van der Waals surface area contributed by atoms with Gasteiger partial charge in [-0.15, -0.1) is 6.58 Å². The summed E-state index contributed by atoms with van der Waals surface area (Å²) >= 11 is 0. The van der Waals surface area contributed by atoms with E-state index >= 15 is 0 Å². The first-order valence-electron chi connectivity index (χ1n) is 5.04. The molecular weight excluding hydrogens is 172 g/mol. The quantitative estimate of drug-likeness (QED) is 0.722. The summed E-state index contributed by atoms with van der Waals surface area (Å²) in [5.74, 6) is 0. The monoisotopic (exact) mass is 190 g/mol. The summed E-state index contributed by atoms with van der Waals surface area (Å²) in [5.41, 5.74) is 2.36. The van der Waals surface area contributed by atoms with Crippen molar-refractivity contribution >= 4 is 0 Å². The van der Waals surface area contributed by atoms with E-state index in [-0.39, 0.29) is 0 Å². The molecule has 1 atom stereocenters. The topological polar surface area (TPSA) is 24.9 Å². The van der Waals surface area contributed by atoms with Crippen LogP contribution in [-0.2, 0) is 0 Å². The van der Waals surface area contributed by atoms with E-state index in [1.165, 1.54) is 5.56 Å². The predicted octanol–water partition coefficient (Wildman–Crippen LogP) is 2.62. The van der Waals surface area contributed by atoms with Gasteiger partial charge in [-0.25, -0.2) is 0 Å². The van der Waals surface area contributed by atoms with Crippen molar-refractivity contribution < 1.29 is 0 Å². The Labute approximate surface area is 86.1 Å². The third kappa shape index (κ3) is 2.96. The van der Waals surface area contributed by atoms with Gasteiger partial charge >= 0.3 is 0 Å². The van der Waals surface area contributed by atoms with Gasteiger partial charge in [-0.2, -0.15) is 0 Å². The molecule has 0 saturated heterocycles. The zero-order chi connectivity index (χ0) is 10.4. The Morgan fingerprint density at radius 1 is 1.64 bits per heavy atom. The largest absolute Gasteiger partial charge is 0.310 e. The molecule has 2 nitrogen and oxygen atoms in total. The fourth-order valence-electron chi connectivity index (χ4n) is 1.53. The molecule has 0 saturated carbocycles. The summed E-state index contributed by atoms with van der Waals surface area (Å²) in [5, 5.41) is 3.43. The van der Waals surface area contributed by atoms with Gasteiger partial charge in [-0.1, -0.05) is 13.0 Å². The van der Waals surface area contributed by atoms with Crippen LogP contribution in [0.4, 0.5) is 0 Å². The van der Waals surface area contributed by atoms with Crippen molar-refractivity contribution in [3.05, 3.63) is 42.2 Å². The van der Waals surface area contributed by atoms with Gasteiger partial charge < -0.3 is 5.32 Å². The summed E-state index contributed by atoms with van der Waals surface area (Å²) in [6, 6.07) is 4.56. The van der Waals surface area contributed by atoms with Gasteiger partial charge in [0, 0.05) is 17.9 Å². The number of rotatable bonds is 5. The van der Waals surface area contributed by atoms with E-state index in [0.29, 0.717) is 6.04 Å². The lowest BCUT2D eigenvalue weighted by atomic mass is 10.0. The molecule has 0 spiro atoms. The zero-order valence-corrected chi connectivity index (χ0v) is 8.96. The lowest BCUT2D eigenvalue weighted by molar-refractivity contribution is 0.558. The zero-order valence-electron chi connectivity index (χ0n) is 8.96. The summed E-state index contributed by atoms with van der Waals surface area (Å²) in [6.07, 6.45) is 4.76. The van der Waals surface area contributed by atoms with Crippen LogP contribution in [0, 0.1) is 6.92 Å². The molecule has 1 heterocycles. The summed E-state index contributed by atoms with van der Waals surface area (Å²) in [6.45, 7) is 8.88. The third-order valence-electron chi connectivity index (χ3n) is 2.18. The Balaban J connectivity index is 2.80. The smallest absolute Gasteiger partial charge is 0.0375 e. The molecule has 2 heteroatoms. The number of aromatic nitrogens is 1. The molecule has 0 aliphatic carbocycles. The van der Waals surface area contributed by atoms with E-state index < -0.39 is 0 Å². The molecule has 0 bridgehead atoms. The highest BCUT2D eigenvalue weighted by atomic mass is 14.9. The lowest BCUT2D eigenvalue weighted by Gasteiger charge is -2.16. The van der Waals surface area contributed by atoms with E-state index in [0.717, 1.165) is 18.7 Å². The Hall–Kier alpha value is -1.15. The molecule has 1 unspecified atom stereocenters. The van der Waals surface area contributed by atoms with Gasteiger partial charge in [0.15, 0.2) is 0 Å². The summed E-state index contributed by atoms with van der Waals surface area (Å²) in [7, 11) is 0. The van der Waals surface area contributed by atoms with Crippen molar-refractivity contribution in [2.45, 2.75) is 26.3 Å². The Bertz CT molecular complexity index is 294. The van der Waals surface area contributed by atoms with E-state index in [4.69, 9.17) is 0 Å². The minimum atomic E-state index is 0.374. The second kappa shape index (κ2) is 5.55. The van der Waals surface area contributed by atoms with Crippen LogP contribution in [0.1, 0.15) is 30.6 Å². The van der Waals surface area contributed by atoms with Gasteiger partial charge in [0.05, 0.1) is 0 Å². The molecule has 0 radical (unpaired) electrons. The van der Waals surface area contributed by atoms with Crippen molar-refractivity contribution in [2.75, 3.05) is 6.54 Å². The number of pyridine rings is 1. The van der Waals surface area contributed by atoms with Crippen LogP contribution in [-0.4, -0.2) is 11.5 Å². The molecule has 0 fully saturated rings. The van der Waals surface area contributed by atoms with Crippen LogP contribution in [0.15, 0.2) is 31.0 Å². The average Bonchev–Trinajstić information content (AvgIpc) is 2.17. The average molecular weight is 190 g/mol. The normalized spacial score (nSPS) is 12.4.